The molecule has 0 aromatic heterocycles. The fraction of sp³-hybridized carbons (Fsp3) is 0.833. The molecular formula is C12H24N2. The summed E-state index contributed by atoms with van der Waals surface area (Å²) in [4.78, 5) is 2.13. The molecule has 0 bridgehead atoms. The third-order valence-electron chi connectivity index (χ3n) is 3.37. The van der Waals surface area contributed by atoms with Crippen LogP contribution in [-0.4, -0.2) is 32.1 Å². The first kappa shape index (κ1) is 11.6. The summed E-state index contributed by atoms with van der Waals surface area (Å²) in [5.74, 6) is 0.795. The van der Waals surface area contributed by atoms with Crippen LogP contribution in [0.25, 0.3) is 0 Å². The van der Waals surface area contributed by atoms with Crippen LogP contribution >= 0.6 is 0 Å². The molecule has 14 heavy (non-hydrogen) atoms. The van der Waals surface area contributed by atoms with E-state index in [1.165, 1.54) is 37.8 Å². The van der Waals surface area contributed by atoms with Gasteiger partial charge in [-0.3, -0.25) is 0 Å². The molecule has 1 unspecified atom stereocenters. The number of nitrogens with one attached hydrogen (secondary N) is 1. The Bertz CT molecular complexity index is 181. The molecule has 2 nitrogen and oxygen atoms in total. The molecule has 1 atom stereocenters. The summed E-state index contributed by atoms with van der Waals surface area (Å²) < 4.78 is 0. The van der Waals surface area contributed by atoms with Crippen molar-refractivity contribution in [3.63, 3.8) is 0 Å². The maximum absolute atomic E-state index is 4.16. The van der Waals surface area contributed by atoms with Gasteiger partial charge in [0.15, 0.2) is 0 Å². The first-order valence-electron chi connectivity index (χ1n) is 5.70. The molecule has 2 heteroatoms. The van der Waals surface area contributed by atoms with E-state index >= 15 is 0 Å². The quantitative estimate of drug-likeness (QED) is 0.742. The standard InChI is InChI=1S/C12H24N2/c1-10(14(3)4)12(13-2)11-8-6-5-7-9-11/h11-13H,1,5-9H2,2-4H3. The maximum atomic E-state index is 4.16. The van der Waals surface area contributed by atoms with Gasteiger partial charge in [0.2, 0.25) is 0 Å². The number of rotatable bonds is 4. The lowest BCUT2D eigenvalue weighted by molar-refractivity contribution is 0.272. The Labute approximate surface area is 88.4 Å². The second-order valence-electron chi connectivity index (χ2n) is 4.55. The average molecular weight is 196 g/mol. The Kier molecular flexibility index (Phi) is 4.46. The second-order valence-corrected chi connectivity index (χ2v) is 4.55. The van der Waals surface area contributed by atoms with Gasteiger partial charge in [-0.05, 0) is 25.8 Å². The summed E-state index contributed by atoms with van der Waals surface area (Å²) in [5.41, 5.74) is 1.22. The molecule has 0 amide bonds. The zero-order valence-corrected chi connectivity index (χ0v) is 9.84. The van der Waals surface area contributed by atoms with Crippen molar-refractivity contribution in [1.29, 1.82) is 0 Å². The molecule has 1 rings (SSSR count). The number of hydrogen-bond donors (Lipinski definition) is 1. The first-order valence-corrected chi connectivity index (χ1v) is 5.70. The number of hydrogen-bond acceptors (Lipinski definition) is 2. The van der Waals surface area contributed by atoms with Crippen molar-refractivity contribution in [2.24, 2.45) is 5.92 Å². The maximum Gasteiger partial charge on any atom is 0.0491 e. The van der Waals surface area contributed by atoms with E-state index in [0.29, 0.717) is 6.04 Å². The number of nitrogens with zero attached hydrogens (tertiary/aromatic N) is 1. The molecule has 0 spiro atoms. The summed E-state index contributed by atoms with van der Waals surface area (Å²) in [6, 6.07) is 0.477. The average Bonchev–Trinajstić information content (AvgIpc) is 2.20. The van der Waals surface area contributed by atoms with E-state index in [1.807, 2.05) is 7.05 Å². The van der Waals surface area contributed by atoms with Gasteiger partial charge in [0.1, 0.15) is 0 Å². The van der Waals surface area contributed by atoms with Crippen molar-refractivity contribution >= 4 is 0 Å². The van der Waals surface area contributed by atoms with E-state index in [9.17, 15) is 0 Å². The zero-order chi connectivity index (χ0) is 10.6. The van der Waals surface area contributed by atoms with Gasteiger partial charge in [-0.2, -0.15) is 0 Å². The molecular weight excluding hydrogens is 172 g/mol. The highest BCUT2D eigenvalue weighted by atomic mass is 15.1. The van der Waals surface area contributed by atoms with Crippen molar-refractivity contribution in [3.8, 4) is 0 Å². The van der Waals surface area contributed by atoms with Gasteiger partial charge in [0.05, 0.1) is 0 Å². The largest absolute Gasteiger partial charge is 0.380 e. The summed E-state index contributed by atoms with van der Waals surface area (Å²) in [6.45, 7) is 4.16. The van der Waals surface area contributed by atoms with Crippen LogP contribution in [0.15, 0.2) is 12.3 Å². The van der Waals surface area contributed by atoms with Crippen LogP contribution in [0.1, 0.15) is 32.1 Å². The highest BCUT2D eigenvalue weighted by Crippen LogP contribution is 2.29. The minimum absolute atomic E-state index is 0.477. The minimum atomic E-state index is 0.477. The van der Waals surface area contributed by atoms with E-state index in [1.54, 1.807) is 0 Å². The van der Waals surface area contributed by atoms with E-state index < -0.39 is 0 Å². The number of likely N-dealkylation sites (N-methyl/N-ethyl adjacent to an activating group) is 2. The summed E-state index contributed by atoms with van der Waals surface area (Å²) >= 11 is 0. The molecule has 1 saturated carbocycles. The minimum Gasteiger partial charge on any atom is -0.380 e. The molecule has 0 aromatic carbocycles. The van der Waals surface area contributed by atoms with Gasteiger partial charge in [0.25, 0.3) is 0 Å². The lowest BCUT2D eigenvalue weighted by Gasteiger charge is -2.34. The van der Waals surface area contributed by atoms with Gasteiger partial charge in [-0.25, -0.2) is 0 Å². The lowest BCUT2D eigenvalue weighted by atomic mass is 9.82. The summed E-state index contributed by atoms with van der Waals surface area (Å²) in [7, 11) is 6.21. The summed E-state index contributed by atoms with van der Waals surface area (Å²) in [6.07, 6.45) is 6.92. The van der Waals surface area contributed by atoms with Crippen molar-refractivity contribution in [2.45, 2.75) is 38.1 Å². The predicted molar refractivity (Wildman–Crippen MR) is 62.2 cm³/mol. The molecule has 1 fully saturated rings. The van der Waals surface area contributed by atoms with Crippen molar-refractivity contribution in [1.82, 2.24) is 10.2 Å². The first-order chi connectivity index (χ1) is 6.66. The molecule has 1 N–H and O–H groups in total. The van der Waals surface area contributed by atoms with Crippen LogP contribution in [0.2, 0.25) is 0 Å². The van der Waals surface area contributed by atoms with E-state index in [4.69, 9.17) is 0 Å². The fourth-order valence-corrected chi connectivity index (χ4v) is 2.42. The van der Waals surface area contributed by atoms with Crippen LogP contribution in [0.3, 0.4) is 0 Å². The second kappa shape index (κ2) is 5.40. The van der Waals surface area contributed by atoms with Crippen LogP contribution in [0.4, 0.5) is 0 Å². The smallest absolute Gasteiger partial charge is 0.0491 e. The molecule has 0 heterocycles. The third kappa shape index (κ3) is 2.74. The van der Waals surface area contributed by atoms with Crippen LogP contribution in [0, 0.1) is 5.92 Å². The molecule has 0 saturated heterocycles. The van der Waals surface area contributed by atoms with Crippen LogP contribution in [-0.2, 0) is 0 Å². The monoisotopic (exact) mass is 196 g/mol. The Balaban J connectivity index is 2.55. The van der Waals surface area contributed by atoms with Crippen molar-refractivity contribution in [3.05, 3.63) is 12.3 Å². The normalized spacial score (nSPS) is 20.5. The lowest BCUT2D eigenvalue weighted by Crippen LogP contribution is -2.40. The molecule has 82 valence electrons. The predicted octanol–water partition coefficient (Wildman–Crippen LogP) is 2.23. The third-order valence-corrected chi connectivity index (χ3v) is 3.37. The van der Waals surface area contributed by atoms with Crippen molar-refractivity contribution < 1.29 is 0 Å². The van der Waals surface area contributed by atoms with E-state index in [0.717, 1.165) is 5.92 Å². The van der Waals surface area contributed by atoms with Gasteiger partial charge < -0.3 is 10.2 Å². The molecule has 0 radical (unpaired) electrons. The van der Waals surface area contributed by atoms with Crippen LogP contribution in [0.5, 0.6) is 0 Å². The SMILES string of the molecule is C=C(C(NC)C1CCCCC1)N(C)C. The molecule has 0 aliphatic heterocycles. The van der Waals surface area contributed by atoms with Crippen LogP contribution < -0.4 is 5.32 Å². The molecule has 0 aromatic rings. The topological polar surface area (TPSA) is 15.3 Å². The van der Waals surface area contributed by atoms with Gasteiger partial charge in [-0.1, -0.05) is 25.8 Å². The van der Waals surface area contributed by atoms with Gasteiger partial charge >= 0.3 is 0 Å². The highest BCUT2D eigenvalue weighted by molar-refractivity contribution is 5.05. The van der Waals surface area contributed by atoms with E-state index in [-0.39, 0.29) is 0 Å². The fourth-order valence-electron chi connectivity index (χ4n) is 2.42. The van der Waals surface area contributed by atoms with Gasteiger partial charge in [0, 0.05) is 25.8 Å². The van der Waals surface area contributed by atoms with Gasteiger partial charge in [-0.15, -0.1) is 0 Å². The Morgan fingerprint density at radius 1 is 1.29 bits per heavy atom. The zero-order valence-electron chi connectivity index (χ0n) is 9.84. The van der Waals surface area contributed by atoms with Crippen molar-refractivity contribution in [2.75, 3.05) is 21.1 Å². The molecule has 1 aliphatic rings. The van der Waals surface area contributed by atoms with E-state index in [2.05, 4.69) is 30.9 Å². The Morgan fingerprint density at radius 3 is 2.29 bits per heavy atom. The Morgan fingerprint density at radius 2 is 1.86 bits per heavy atom. The Hall–Kier alpha value is -0.500. The molecule has 1 aliphatic carbocycles. The highest BCUT2D eigenvalue weighted by Gasteiger charge is 2.25. The summed E-state index contributed by atoms with van der Waals surface area (Å²) in [5, 5.41) is 3.41.